The number of aliphatic hydroxyl groups is 1. The molecule has 0 fully saturated rings. The van der Waals surface area contributed by atoms with Gasteiger partial charge in [0.25, 0.3) is 5.91 Å². The SMILES string of the molecule is CN1CCc2c(Br)cc(Nc3nnc(C(N)=O)c(Nc4c(F)cccc4CO)n3)cc2C1. The van der Waals surface area contributed by atoms with Crippen LogP contribution in [0.15, 0.2) is 34.8 Å². The zero-order valence-corrected chi connectivity index (χ0v) is 18.8. The molecule has 1 aliphatic heterocycles. The Balaban J connectivity index is 1.68. The summed E-state index contributed by atoms with van der Waals surface area (Å²) in [5.41, 5.74) is 8.57. The van der Waals surface area contributed by atoms with Gasteiger partial charge >= 0.3 is 0 Å². The lowest BCUT2D eigenvalue weighted by atomic mass is 9.99. The third kappa shape index (κ3) is 4.54. The van der Waals surface area contributed by atoms with E-state index in [0.29, 0.717) is 0 Å². The van der Waals surface area contributed by atoms with Gasteiger partial charge in [0.05, 0.1) is 12.3 Å². The summed E-state index contributed by atoms with van der Waals surface area (Å²) in [5.74, 6) is -1.48. The predicted molar refractivity (Wildman–Crippen MR) is 121 cm³/mol. The van der Waals surface area contributed by atoms with Crippen molar-refractivity contribution < 1.29 is 14.3 Å². The van der Waals surface area contributed by atoms with Gasteiger partial charge in [-0.15, -0.1) is 10.2 Å². The molecule has 0 spiro atoms. The first-order chi connectivity index (χ1) is 15.4. The molecule has 3 aromatic rings. The minimum atomic E-state index is -0.875. The highest BCUT2D eigenvalue weighted by molar-refractivity contribution is 9.10. The van der Waals surface area contributed by atoms with Crippen molar-refractivity contribution in [3.63, 3.8) is 0 Å². The van der Waals surface area contributed by atoms with Crippen LogP contribution in [0.25, 0.3) is 0 Å². The molecular weight excluding hydrogens is 481 g/mol. The van der Waals surface area contributed by atoms with Crippen molar-refractivity contribution in [3.8, 4) is 0 Å². The smallest absolute Gasteiger partial charge is 0.273 e. The van der Waals surface area contributed by atoms with E-state index in [1.54, 1.807) is 6.07 Å². The summed E-state index contributed by atoms with van der Waals surface area (Å²) >= 11 is 3.63. The summed E-state index contributed by atoms with van der Waals surface area (Å²) in [7, 11) is 2.06. The lowest BCUT2D eigenvalue weighted by Crippen LogP contribution is -2.26. The molecule has 0 saturated carbocycles. The molecule has 4 rings (SSSR count). The molecule has 5 N–H and O–H groups in total. The number of likely N-dealkylation sites (N-methyl/N-ethyl adjacent to an activating group) is 1. The number of fused-ring (bicyclic) bond motifs is 1. The molecule has 11 heteroatoms. The molecule has 0 saturated heterocycles. The van der Waals surface area contributed by atoms with Crippen LogP contribution < -0.4 is 16.4 Å². The Bertz CT molecular complexity index is 1190. The number of hydrogen-bond acceptors (Lipinski definition) is 8. The number of nitrogens with one attached hydrogen (secondary N) is 2. The number of aromatic nitrogens is 3. The third-order valence-electron chi connectivity index (χ3n) is 5.16. The van der Waals surface area contributed by atoms with Crippen LogP contribution in [0.5, 0.6) is 0 Å². The molecule has 0 atom stereocenters. The van der Waals surface area contributed by atoms with Crippen LogP contribution >= 0.6 is 15.9 Å². The highest BCUT2D eigenvalue weighted by atomic mass is 79.9. The monoisotopic (exact) mass is 501 g/mol. The molecule has 0 radical (unpaired) electrons. The lowest BCUT2D eigenvalue weighted by molar-refractivity contribution is 0.0995. The maximum atomic E-state index is 14.4. The Hall–Kier alpha value is -3.15. The Morgan fingerprint density at radius 1 is 1.31 bits per heavy atom. The van der Waals surface area contributed by atoms with Crippen LogP contribution in [0.4, 0.5) is 27.5 Å². The van der Waals surface area contributed by atoms with Crippen LogP contribution in [-0.2, 0) is 19.6 Å². The number of nitrogens with two attached hydrogens (primary N) is 1. The van der Waals surface area contributed by atoms with E-state index in [0.717, 1.165) is 29.7 Å². The number of anilines is 4. The standard InChI is InChI=1S/C21H21BrFN7O2/c1-30-6-5-14-12(9-30)7-13(8-15(14)22)25-21-27-20(18(19(24)32)28-29-21)26-17-11(10-31)3-2-4-16(17)23/h2-4,7-8,31H,5-6,9-10H2,1H3,(H2,24,32)(H2,25,26,27,29). The van der Waals surface area contributed by atoms with Crippen molar-refractivity contribution >= 4 is 45.0 Å². The van der Waals surface area contributed by atoms with Crippen molar-refractivity contribution in [1.29, 1.82) is 0 Å². The molecule has 1 aromatic heterocycles. The van der Waals surface area contributed by atoms with Gasteiger partial charge in [0.15, 0.2) is 11.5 Å². The molecule has 0 unspecified atom stereocenters. The first-order valence-corrected chi connectivity index (χ1v) is 10.6. The summed E-state index contributed by atoms with van der Waals surface area (Å²) in [6.07, 6.45) is 0.946. The summed E-state index contributed by atoms with van der Waals surface area (Å²) in [4.78, 5) is 18.3. The fourth-order valence-electron chi connectivity index (χ4n) is 3.58. The maximum Gasteiger partial charge on any atom is 0.273 e. The van der Waals surface area contributed by atoms with Crippen molar-refractivity contribution in [1.82, 2.24) is 20.1 Å². The first kappa shape index (κ1) is 22.1. The van der Waals surface area contributed by atoms with Gasteiger partial charge in [-0.1, -0.05) is 28.1 Å². The van der Waals surface area contributed by atoms with Crippen molar-refractivity contribution in [2.75, 3.05) is 24.2 Å². The van der Waals surface area contributed by atoms with Crippen molar-refractivity contribution in [3.05, 3.63) is 63.0 Å². The van der Waals surface area contributed by atoms with Gasteiger partial charge in [0.2, 0.25) is 5.95 Å². The number of carbonyl (C=O) groups excluding carboxylic acids is 1. The molecular formula is C21H21BrFN7O2. The van der Waals surface area contributed by atoms with E-state index >= 15 is 0 Å². The van der Waals surface area contributed by atoms with E-state index in [4.69, 9.17) is 5.73 Å². The number of halogens is 2. The molecule has 0 bridgehead atoms. The zero-order valence-electron chi connectivity index (χ0n) is 17.2. The normalized spacial score (nSPS) is 13.5. The van der Waals surface area contributed by atoms with E-state index in [1.807, 2.05) is 12.1 Å². The quantitative estimate of drug-likeness (QED) is 0.405. The van der Waals surface area contributed by atoms with Gasteiger partial charge in [-0.25, -0.2) is 4.39 Å². The lowest BCUT2D eigenvalue weighted by Gasteiger charge is -2.26. The van der Waals surface area contributed by atoms with Crippen LogP contribution in [0, 0.1) is 5.82 Å². The highest BCUT2D eigenvalue weighted by Crippen LogP contribution is 2.31. The molecule has 1 amide bonds. The molecule has 9 nitrogen and oxygen atoms in total. The van der Waals surface area contributed by atoms with Gasteiger partial charge in [-0.05, 0) is 42.8 Å². The van der Waals surface area contributed by atoms with Crippen LogP contribution in [-0.4, -0.2) is 44.7 Å². The minimum Gasteiger partial charge on any atom is -0.392 e. The van der Waals surface area contributed by atoms with Gasteiger partial charge in [0, 0.05) is 28.8 Å². The second kappa shape index (κ2) is 9.15. The molecule has 1 aliphatic rings. The van der Waals surface area contributed by atoms with E-state index in [2.05, 4.69) is 53.7 Å². The zero-order chi connectivity index (χ0) is 22.8. The first-order valence-electron chi connectivity index (χ1n) is 9.82. The summed E-state index contributed by atoms with van der Waals surface area (Å²) in [6.45, 7) is 1.39. The molecule has 166 valence electrons. The molecule has 2 heterocycles. The molecule has 0 aliphatic carbocycles. The Morgan fingerprint density at radius 3 is 2.88 bits per heavy atom. The van der Waals surface area contributed by atoms with Gasteiger partial charge < -0.3 is 26.4 Å². The van der Waals surface area contributed by atoms with Crippen molar-refractivity contribution in [2.24, 2.45) is 5.73 Å². The fourth-order valence-corrected chi connectivity index (χ4v) is 4.28. The number of amides is 1. The molecule has 2 aromatic carbocycles. The second-order valence-electron chi connectivity index (χ2n) is 7.46. The number of hydrogen-bond donors (Lipinski definition) is 4. The Morgan fingerprint density at radius 2 is 2.12 bits per heavy atom. The van der Waals surface area contributed by atoms with E-state index in [9.17, 15) is 14.3 Å². The van der Waals surface area contributed by atoms with Gasteiger partial charge in [0.1, 0.15) is 5.82 Å². The Labute approximate surface area is 192 Å². The van der Waals surface area contributed by atoms with E-state index in [-0.39, 0.29) is 28.7 Å². The largest absolute Gasteiger partial charge is 0.392 e. The van der Waals surface area contributed by atoms with Crippen LogP contribution in [0.1, 0.15) is 27.2 Å². The molecule has 32 heavy (non-hydrogen) atoms. The van der Waals surface area contributed by atoms with E-state index < -0.39 is 18.3 Å². The number of aliphatic hydroxyl groups excluding tert-OH is 1. The number of para-hydroxylation sites is 1. The average molecular weight is 502 g/mol. The van der Waals surface area contributed by atoms with Crippen molar-refractivity contribution in [2.45, 2.75) is 19.6 Å². The minimum absolute atomic E-state index is 0.0245. The van der Waals surface area contributed by atoms with Gasteiger partial charge in [-0.3, -0.25) is 4.79 Å². The summed E-state index contributed by atoms with van der Waals surface area (Å²) < 4.78 is 15.3. The van der Waals surface area contributed by atoms with Crippen LogP contribution in [0.2, 0.25) is 0 Å². The number of primary amides is 1. The van der Waals surface area contributed by atoms with E-state index in [1.165, 1.54) is 23.3 Å². The number of benzene rings is 2. The number of nitrogens with zero attached hydrogens (tertiary/aromatic N) is 4. The summed E-state index contributed by atoms with van der Waals surface area (Å²) in [5, 5.41) is 23.1. The maximum absolute atomic E-state index is 14.4. The summed E-state index contributed by atoms with van der Waals surface area (Å²) in [6, 6.07) is 8.17. The topological polar surface area (TPSA) is 129 Å². The third-order valence-corrected chi connectivity index (χ3v) is 5.87. The Kier molecular flexibility index (Phi) is 6.31. The predicted octanol–water partition coefficient (Wildman–Crippen LogP) is 2.84. The highest BCUT2D eigenvalue weighted by Gasteiger charge is 2.20. The van der Waals surface area contributed by atoms with Crippen LogP contribution in [0.3, 0.4) is 0 Å². The average Bonchev–Trinajstić information content (AvgIpc) is 2.74. The number of carbonyl (C=O) groups is 1. The van der Waals surface area contributed by atoms with Gasteiger partial charge in [-0.2, -0.15) is 4.98 Å². The number of rotatable bonds is 6. The fraction of sp³-hybridized carbons (Fsp3) is 0.238. The second-order valence-corrected chi connectivity index (χ2v) is 8.32.